The largest absolute Gasteiger partial charge is 0.497 e. The third kappa shape index (κ3) is 3.26. The lowest BCUT2D eigenvalue weighted by Gasteiger charge is -2.00. The lowest BCUT2D eigenvalue weighted by molar-refractivity contribution is 0.415. The van der Waals surface area contributed by atoms with Crippen LogP contribution in [0, 0.1) is 0 Å². The topological polar surface area (TPSA) is 21.3 Å². The first-order chi connectivity index (χ1) is 6.88. The van der Waals surface area contributed by atoms with Crippen molar-refractivity contribution < 1.29 is 4.74 Å². The molecule has 0 bridgehead atoms. The maximum Gasteiger partial charge on any atom is 0.118 e. The maximum atomic E-state index is 5.11. The van der Waals surface area contributed by atoms with E-state index in [-0.39, 0.29) is 12.4 Å². The Balaban J connectivity index is 0.00000112. The Morgan fingerprint density at radius 3 is 2.53 bits per heavy atom. The number of ether oxygens (including phenoxy) is 1. The van der Waals surface area contributed by atoms with Crippen molar-refractivity contribution in [3.05, 3.63) is 35.4 Å². The molecule has 1 aromatic rings. The second kappa shape index (κ2) is 5.79. The van der Waals surface area contributed by atoms with Gasteiger partial charge in [-0.3, -0.25) is 0 Å². The number of nitrogens with one attached hydrogen (secondary N) is 1. The number of hydrogen-bond acceptors (Lipinski definition) is 2. The van der Waals surface area contributed by atoms with Gasteiger partial charge in [0.15, 0.2) is 0 Å². The van der Waals surface area contributed by atoms with Crippen molar-refractivity contribution in [1.29, 1.82) is 0 Å². The van der Waals surface area contributed by atoms with Gasteiger partial charge >= 0.3 is 0 Å². The van der Waals surface area contributed by atoms with Crippen LogP contribution in [-0.4, -0.2) is 20.2 Å². The molecular weight excluding hydrogens is 210 g/mol. The lowest BCUT2D eigenvalue weighted by atomic mass is 10.1. The van der Waals surface area contributed by atoms with Gasteiger partial charge < -0.3 is 10.1 Å². The molecule has 0 amide bonds. The smallest absolute Gasteiger partial charge is 0.118 e. The number of methoxy groups -OCH3 is 1. The molecule has 0 atom stereocenters. The zero-order valence-electron chi connectivity index (χ0n) is 8.82. The van der Waals surface area contributed by atoms with E-state index in [1.807, 2.05) is 12.1 Å². The zero-order chi connectivity index (χ0) is 9.80. The van der Waals surface area contributed by atoms with E-state index in [0.29, 0.717) is 0 Å². The number of rotatable bonds is 2. The Bertz CT molecular complexity index is 324. The van der Waals surface area contributed by atoms with Gasteiger partial charge in [0.1, 0.15) is 5.75 Å². The third-order valence-electron chi connectivity index (χ3n) is 2.46. The lowest BCUT2D eigenvalue weighted by Crippen LogP contribution is -2.04. The molecule has 0 unspecified atom stereocenters. The minimum absolute atomic E-state index is 0. The molecule has 1 saturated heterocycles. The van der Waals surface area contributed by atoms with Gasteiger partial charge in [-0.2, -0.15) is 0 Å². The van der Waals surface area contributed by atoms with Crippen molar-refractivity contribution in [3.63, 3.8) is 0 Å². The van der Waals surface area contributed by atoms with Gasteiger partial charge in [0, 0.05) is 6.54 Å². The van der Waals surface area contributed by atoms with Crippen molar-refractivity contribution in [3.8, 4) is 5.75 Å². The van der Waals surface area contributed by atoms with E-state index in [1.54, 1.807) is 7.11 Å². The first kappa shape index (κ1) is 12.1. The van der Waals surface area contributed by atoms with Crippen molar-refractivity contribution in [1.82, 2.24) is 5.32 Å². The summed E-state index contributed by atoms with van der Waals surface area (Å²) in [6.45, 7) is 2.15. The Labute approximate surface area is 96.7 Å². The van der Waals surface area contributed by atoms with Gasteiger partial charge in [-0.15, -0.1) is 12.4 Å². The highest BCUT2D eigenvalue weighted by atomic mass is 35.5. The predicted octanol–water partition coefficient (Wildman–Crippen LogP) is 2.49. The summed E-state index contributed by atoms with van der Waals surface area (Å²) in [6, 6.07) is 8.16. The van der Waals surface area contributed by atoms with E-state index >= 15 is 0 Å². The van der Waals surface area contributed by atoms with Gasteiger partial charge in [0.2, 0.25) is 0 Å². The Hall–Kier alpha value is -0.990. The van der Waals surface area contributed by atoms with Crippen LogP contribution in [0.1, 0.15) is 12.0 Å². The van der Waals surface area contributed by atoms with E-state index < -0.39 is 0 Å². The molecule has 1 aliphatic heterocycles. The van der Waals surface area contributed by atoms with Gasteiger partial charge in [0.05, 0.1) is 7.11 Å². The van der Waals surface area contributed by atoms with Gasteiger partial charge in [0.25, 0.3) is 0 Å². The molecule has 1 N–H and O–H groups in total. The number of benzene rings is 1. The van der Waals surface area contributed by atoms with Gasteiger partial charge in [-0.05, 0) is 30.7 Å². The van der Waals surface area contributed by atoms with Crippen LogP contribution in [0.3, 0.4) is 0 Å². The molecule has 0 aliphatic carbocycles. The van der Waals surface area contributed by atoms with Crippen LogP contribution >= 0.6 is 12.4 Å². The molecule has 2 nitrogen and oxygen atoms in total. The first-order valence-electron chi connectivity index (χ1n) is 4.93. The normalized spacial score (nSPS) is 17.5. The summed E-state index contributed by atoms with van der Waals surface area (Å²) in [5.74, 6) is 0.914. The maximum absolute atomic E-state index is 5.11. The van der Waals surface area contributed by atoms with E-state index in [4.69, 9.17) is 4.74 Å². The van der Waals surface area contributed by atoms with Crippen molar-refractivity contribution in [2.45, 2.75) is 6.42 Å². The highest BCUT2D eigenvalue weighted by Gasteiger charge is 2.04. The molecule has 0 aromatic heterocycles. The van der Waals surface area contributed by atoms with E-state index in [2.05, 4.69) is 23.5 Å². The van der Waals surface area contributed by atoms with Crippen LogP contribution < -0.4 is 10.1 Å². The van der Waals surface area contributed by atoms with Gasteiger partial charge in [-0.25, -0.2) is 0 Å². The summed E-state index contributed by atoms with van der Waals surface area (Å²) in [5, 5.41) is 3.32. The SMILES string of the molecule is COc1ccc(/C=C2\CCNC2)cc1.Cl. The summed E-state index contributed by atoms with van der Waals surface area (Å²) in [7, 11) is 1.69. The summed E-state index contributed by atoms with van der Waals surface area (Å²) in [6.07, 6.45) is 3.42. The fraction of sp³-hybridized carbons (Fsp3) is 0.333. The van der Waals surface area contributed by atoms with Crippen molar-refractivity contribution in [2.75, 3.05) is 20.2 Å². The van der Waals surface area contributed by atoms with E-state index in [0.717, 1.165) is 18.8 Å². The second-order valence-corrected chi connectivity index (χ2v) is 3.50. The van der Waals surface area contributed by atoms with Crippen molar-refractivity contribution >= 4 is 18.5 Å². The first-order valence-corrected chi connectivity index (χ1v) is 4.93. The van der Waals surface area contributed by atoms with E-state index in [1.165, 1.54) is 17.6 Å². The summed E-state index contributed by atoms with van der Waals surface area (Å²) in [5.41, 5.74) is 2.74. The Morgan fingerprint density at radius 1 is 1.27 bits per heavy atom. The average Bonchev–Trinajstić information content (AvgIpc) is 2.72. The minimum atomic E-state index is 0. The molecule has 0 saturated carbocycles. The fourth-order valence-corrected chi connectivity index (χ4v) is 1.65. The summed E-state index contributed by atoms with van der Waals surface area (Å²) in [4.78, 5) is 0. The Kier molecular flexibility index (Phi) is 4.66. The molecule has 82 valence electrons. The molecule has 0 radical (unpaired) electrons. The van der Waals surface area contributed by atoms with Crippen molar-refractivity contribution in [2.24, 2.45) is 0 Å². The molecular formula is C12H16ClNO. The Morgan fingerprint density at radius 2 is 2.00 bits per heavy atom. The summed E-state index contributed by atoms with van der Waals surface area (Å²) >= 11 is 0. The highest BCUT2D eigenvalue weighted by Crippen LogP contribution is 2.16. The standard InChI is InChI=1S/C12H15NO.ClH/c1-14-12-4-2-10(3-5-12)8-11-6-7-13-9-11;/h2-5,8,13H,6-7,9H2,1H3;1H/b11-8+;. The van der Waals surface area contributed by atoms with Crippen LogP contribution in [0.2, 0.25) is 0 Å². The second-order valence-electron chi connectivity index (χ2n) is 3.50. The van der Waals surface area contributed by atoms with Gasteiger partial charge in [-0.1, -0.05) is 23.8 Å². The highest BCUT2D eigenvalue weighted by molar-refractivity contribution is 5.85. The molecule has 0 spiro atoms. The van der Waals surface area contributed by atoms with E-state index in [9.17, 15) is 0 Å². The van der Waals surface area contributed by atoms with Crippen LogP contribution in [0.4, 0.5) is 0 Å². The number of hydrogen-bond donors (Lipinski definition) is 1. The molecule has 1 aliphatic rings. The predicted molar refractivity (Wildman–Crippen MR) is 65.7 cm³/mol. The molecule has 15 heavy (non-hydrogen) atoms. The minimum Gasteiger partial charge on any atom is -0.497 e. The molecule has 1 fully saturated rings. The third-order valence-corrected chi connectivity index (χ3v) is 2.46. The monoisotopic (exact) mass is 225 g/mol. The van der Waals surface area contributed by atoms with Crippen LogP contribution in [0.15, 0.2) is 29.8 Å². The molecule has 1 heterocycles. The number of halogens is 1. The van der Waals surface area contributed by atoms with Crippen LogP contribution in [0.25, 0.3) is 6.08 Å². The fourth-order valence-electron chi connectivity index (χ4n) is 1.65. The molecule has 1 aromatic carbocycles. The molecule has 2 rings (SSSR count). The van der Waals surface area contributed by atoms with Crippen LogP contribution in [0.5, 0.6) is 5.75 Å². The average molecular weight is 226 g/mol. The zero-order valence-corrected chi connectivity index (χ0v) is 9.64. The van der Waals surface area contributed by atoms with Crippen LogP contribution in [-0.2, 0) is 0 Å². The molecule has 3 heteroatoms. The quantitative estimate of drug-likeness (QED) is 0.835. The summed E-state index contributed by atoms with van der Waals surface area (Å²) < 4.78 is 5.11.